The van der Waals surface area contributed by atoms with Gasteiger partial charge in [-0.3, -0.25) is 9.69 Å². The van der Waals surface area contributed by atoms with Gasteiger partial charge < -0.3 is 10.1 Å². The molecule has 1 unspecified atom stereocenters. The molecule has 2 aliphatic rings. The lowest BCUT2D eigenvalue weighted by molar-refractivity contribution is -0.127. The lowest BCUT2D eigenvalue weighted by atomic mass is 9.88. The molecule has 0 radical (unpaired) electrons. The van der Waals surface area contributed by atoms with Crippen LogP contribution in [0.5, 0.6) is 5.75 Å². The van der Waals surface area contributed by atoms with Crippen molar-refractivity contribution in [1.82, 2.24) is 10.2 Å². The summed E-state index contributed by atoms with van der Waals surface area (Å²) in [5, 5.41) is 3.34. The van der Waals surface area contributed by atoms with Gasteiger partial charge in [-0.15, -0.1) is 0 Å². The highest BCUT2D eigenvalue weighted by atomic mass is 16.5. The van der Waals surface area contributed by atoms with Gasteiger partial charge in [0.05, 0.1) is 6.04 Å². The Bertz CT molecular complexity index is 869. The van der Waals surface area contributed by atoms with Crippen LogP contribution in [0.15, 0.2) is 48.5 Å². The van der Waals surface area contributed by atoms with E-state index in [0.717, 1.165) is 50.2 Å². The van der Waals surface area contributed by atoms with Crippen LogP contribution in [0.4, 0.5) is 0 Å². The summed E-state index contributed by atoms with van der Waals surface area (Å²) in [6.07, 6.45) is 2.64. The molecule has 0 aromatic heterocycles. The van der Waals surface area contributed by atoms with Crippen LogP contribution in [-0.2, 0) is 11.3 Å². The average Bonchev–Trinajstić information content (AvgIpc) is 2.69. The molecule has 4 rings (SSSR count). The number of para-hydroxylation sites is 1. The second kappa shape index (κ2) is 8.19. The number of amides is 1. The third-order valence-corrected chi connectivity index (χ3v) is 6.31. The summed E-state index contributed by atoms with van der Waals surface area (Å²) >= 11 is 0. The average molecular weight is 393 g/mol. The summed E-state index contributed by atoms with van der Waals surface area (Å²) in [6.45, 7) is 9.27. The zero-order chi connectivity index (χ0) is 20.4. The molecular weight excluding hydrogens is 360 g/mol. The molecule has 1 atom stereocenters. The minimum Gasteiger partial charge on any atom is -0.487 e. The Labute approximate surface area is 174 Å². The van der Waals surface area contributed by atoms with Gasteiger partial charge in [-0.2, -0.15) is 0 Å². The number of fused-ring (bicyclic) bond motifs is 1. The highest BCUT2D eigenvalue weighted by Crippen LogP contribution is 2.39. The van der Waals surface area contributed by atoms with E-state index in [2.05, 4.69) is 61.3 Å². The van der Waals surface area contributed by atoms with Crippen LogP contribution in [0, 0.1) is 12.8 Å². The quantitative estimate of drug-likeness (QED) is 0.825. The SMILES string of the molecule is Cc1ccccc1CN1CCC(C(=O)NC2CC(C)(C)Oc3ccccc32)CC1. The van der Waals surface area contributed by atoms with E-state index < -0.39 is 0 Å². The van der Waals surface area contributed by atoms with Crippen LogP contribution in [0.2, 0.25) is 0 Å². The number of hydrogen-bond donors (Lipinski definition) is 1. The van der Waals surface area contributed by atoms with Crippen molar-refractivity contribution in [3.8, 4) is 5.75 Å². The first kappa shape index (κ1) is 20.0. The molecule has 1 saturated heterocycles. The Morgan fingerprint density at radius 3 is 2.55 bits per heavy atom. The van der Waals surface area contributed by atoms with Gasteiger partial charge in [0.2, 0.25) is 5.91 Å². The molecule has 0 bridgehead atoms. The molecule has 0 aliphatic carbocycles. The summed E-state index contributed by atoms with van der Waals surface area (Å²) in [4.78, 5) is 15.5. The number of aryl methyl sites for hydroxylation is 1. The summed E-state index contributed by atoms with van der Waals surface area (Å²) in [6, 6.07) is 16.7. The molecule has 1 N–H and O–H groups in total. The van der Waals surface area contributed by atoms with Crippen molar-refractivity contribution in [1.29, 1.82) is 0 Å². The summed E-state index contributed by atoms with van der Waals surface area (Å²) in [5.74, 6) is 1.18. The Morgan fingerprint density at radius 2 is 1.79 bits per heavy atom. The number of carbonyl (C=O) groups is 1. The van der Waals surface area contributed by atoms with Crippen molar-refractivity contribution in [3.05, 3.63) is 65.2 Å². The molecule has 2 aromatic rings. The number of hydrogen-bond acceptors (Lipinski definition) is 3. The molecule has 29 heavy (non-hydrogen) atoms. The fourth-order valence-corrected chi connectivity index (χ4v) is 4.60. The largest absolute Gasteiger partial charge is 0.487 e. The number of nitrogens with zero attached hydrogens (tertiary/aromatic N) is 1. The molecule has 154 valence electrons. The number of nitrogens with one attached hydrogen (secondary N) is 1. The minimum absolute atomic E-state index is 0.0208. The maximum Gasteiger partial charge on any atom is 0.223 e. The van der Waals surface area contributed by atoms with Crippen LogP contribution >= 0.6 is 0 Å². The lowest BCUT2D eigenvalue weighted by Gasteiger charge is -2.39. The molecule has 0 saturated carbocycles. The lowest BCUT2D eigenvalue weighted by Crippen LogP contribution is -2.45. The maximum atomic E-state index is 13.0. The molecule has 2 aromatic carbocycles. The number of carbonyl (C=O) groups excluding carboxylic acids is 1. The van der Waals surface area contributed by atoms with E-state index in [-0.39, 0.29) is 23.5 Å². The van der Waals surface area contributed by atoms with Crippen LogP contribution in [0.25, 0.3) is 0 Å². The summed E-state index contributed by atoms with van der Waals surface area (Å²) < 4.78 is 6.10. The van der Waals surface area contributed by atoms with Crippen molar-refractivity contribution in [3.63, 3.8) is 0 Å². The Morgan fingerprint density at radius 1 is 1.10 bits per heavy atom. The second-order valence-corrected chi connectivity index (χ2v) is 9.14. The van der Waals surface area contributed by atoms with Gasteiger partial charge in [-0.05, 0) is 63.9 Å². The van der Waals surface area contributed by atoms with Crippen molar-refractivity contribution in [2.24, 2.45) is 5.92 Å². The first-order valence-corrected chi connectivity index (χ1v) is 10.8. The van der Waals surface area contributed by atoms with E-state index in [4.69, 9.17) is 4.74 Å². The van der Waals surface area contributed by atoms with Gasteiger partial charge in [0.15, 0.2) is 0 Å². The van der Waals surface area contributed by atoms with E-state index >= 15 is 0 Å². The zero-order valence-electron chi connectivity index (χ0n) is 17.8. The highest BCUT2D eigenvalue weighted by Gasteiger charge is 2.35. The fourth-order valence-electron chi connectivity index (χ4n) is 4.60. The van der Waals surface area contributed by atoms with E-state index in [1.807, 2.05) is 18.2 Å². The molecule has 1 amide bonds. The smallest absolute Gasteiger partial charge is 0.223 e. The molecule has 1 fully saturated rings. The first-order chi connectivity index (χ1) is 13.9. The van der Waals surface area contributed by atoms with Crippen LogP contribution < -0.4 is 10.1 Å². The first-order valence-electron chi connectivity index (χ1n) is 10.8. The number of rotatable bonds is 4. The van der Waals surface area contributed by atoms with Crippen molar-refractivity contribution in [2.45, 2.75) is 58.2 Å². The Balaban J connectivity index is 1.35. The monoisotopic (exact) mass is 392 g/mol. The topological polar surface area (TPSA) is 41.6 Å². The van der Waals surface area contributed by atoms with Crippen LogP contribution in [0.3, 0.4) is 0 Å². The van der Waals surface area contributed by atoms with E-state index in [9.17, 15) is 4.79 Å². The number of benzene rings is 2. The zero-order valence-corrected chi connectivity index (χ0v) is 17.8. The van der Waals surface area contributed by atoms with Crippen molar-refractivity contribution >= 4 is 5.91 Å². The minimum atomic E-state index is -0.275. The maximum absolute atomic E-state index is 13.0. The van der Waals surface area contributed by atoms with Crippen LogP contribution in [-0.4, -0.2) is 29.5 Å². The normalized spacial score (nSPS) is 21.8. The number of piperidine rings is 1. The van der Waals surface area contributed by atoms with Gasteiger partial charge in [0, 0.05) is 24.4 Å². The van der Waals surface area contributed by atoms with Gasteiger partial charge in [0.25, 0.3) is 0 Å². The summed E-state index contributed by atoms with van der Waals surface area (Å²) in [7, 11) is 0. The number of likely N-dealkylation sites (tertiary alicyclic amines) is 1. The van der Waals surface area contributed by atoms with E-state index in [1.54, 1.807) is 0 Å². The van der Waals surface area contributed by atoms with Gasteiger partial charge in [-0.25, -0.2) is 0 Å². The molecule has 0 spiro atoms. The summed E-state index contributed by atoms with van der Waals surface area (Å²) in [5.41, 5.74) is 3.55. The number of ether oxygens (including phenoxy) is 1. The van der Waals surface area contributed by atoms with E-state index in [0.29, 0.717) is 0 Å². The third-order valence-electron chi connectivity index (χ3n) is 6.31. The van der Waals surface area contributed by atoms with Gasteiger partial charge in [0.1, 0.15) is 11.4 Å². The van der Waals surface area contributed by atoms with Gasteiger partial charge in [-0.1, -0.05) is 42.5 Å². The predicted molar refractivity (Wildman–Crippen MR) is 116 cm³/mol. The van der Waals surface area contributed by atoms with Gasteiger partial charge >= 0.3 is 0 Å². The Kier molecular flexibility index (Phi) is 5.64. The molecule has 2 aliphatic heterocycles. The van der Waals surface area contributed by atoms with Crippen LogP contribution in [0.1, 0.15) is 55.8 Å². The van der Waals surface area contributed by atoms with Crippen molar-refractivity contribution < 1.29 is 9.53 Å². The van der Waals surface area contributed by atoms with Crippen molar-refractivity contribution in [2.75, 3.05) is 13.1 Å². The second-order valence-electron chi connectivity index (χ2n) is 9.14. The standard InChI is InChI=1S/C25H32N2O2/c1-18-8-4-5-9-20(18)17-27-14-12-19(13-15-27)24(28)26-22-16-25(2,3)29-23-11-7-6-10-21(22)23/h4-11,19,22H,12-17H2,1-3H3,(H,26,28). The molecule has 2 heterocycles. The molecule has 4 nitrogen and oxygen atoms in total. The molecule has 4 heteroatoms. The third kappa shape index (κ3) is 4.64. The highest BCUT2D eigenvalue weighted by molar-refractivity contribution is 5.79. The molecular formula is C25H32N2O2. The predicted octanol–water partition coefficient (Wildman–Crippen LogP) is 4.63. The Hall–Kier alpha value is -2.33. The van der Waals surface area contributed by atoms with E-state index in [1.165, 1.54) is 11.1 Å². The fraction of sp³-hybridized carbons (Fsp3) is 0.480.